The van der Waals surface area contributed by atoms with Crippen LogP contribution in [0.3, 0.4) is 0 Å². The number of aromatic nitrogens is 2. The molecule has 1 aromatic carbocycles. The van der Waals surface area contributed by atoms with Gasteiger partial charge in [0.25, 0.3) is 0 Å². The maximum absolute atomic E-state index is 12.9. The van der Waals surface area contributed by atoms with Crippen molar-refractivity contribution in [3.05, 3.63) is 34.9 Å². The Morgan fingerprint density at radius 3 is 2.70 bits per heavy atom. The summed E-state index contributed by atoms with van der Waals surface area (Å²) >= 11 is 6.14. The first-order valence-electron chi connectivity index (χ1n) is 9.77. The largest absolute Gasteiger partial charge is 0.379 e. The zero-order valence-electron chi connectivity index (χ0n) is 16.9. The molecule has 0 radical (unpaired) electrons. The van der Waals surface area contributed by atoms with Crippen LogP contribution in [0.5, 0.6) is 0 Å². The number of sulfonamides is 1. The first-order valence-corrected chi connectivity index (χ1v) is 11.6. The summed E-state index contributed by atoms with van der Waals surface area (Å²) in [6, 6.07) is 4.43. The van der Waals surface area contributed by atoms with Crippen molar-refractivity contribution in [3.63, 3.8) is 0 Å². The number of halogens is 1. The third-order valence-electron chi connectivity index (χ3n) is 4.60. The lowest BCUT2D eigenvalue weighted by molar-refractivity contribution is -0.116. The van der Waals surface area contributed by atoms with Crippen molar-refractivity contribution in [2.75, 3.05) is 31.6 Å². The highest BCUT2D eigenvalue weighted by molar-refractivity contribution is 7.89. The maximum Gasteiger partial charge on any atom is 0.244 e. The second kappa shape index (κ2) is 9.86. The van der Waals surface area contributed by atoms with Crippen molar-refractivity contribution in [1.29, 1.82) is 0 Å². The predicted molar refractivity (Wildman–Crippen MR) is 111 cm³/mol. The minimum Gasteiger partial charge on any atom is -0.379 e. The Kier molecular flexibility index (Phi) is 7.45. The molecule has 11 heteroatoms. The average Bonchev–Trinajstić information content (AvgIpc) is 3.19. The third-order valence-corrected chi connectivity index (χ3v) is 6.98. The van der Waals surface area contributed by atoms with Crippen LogP contribution in [0.2, 0.25) is 5.02 Å². The number of hydrogen-bond acceptors (Lipinski definition) is 7. The molecule has 0 unspecified atom stereocenters. The number of rotatable bonds is 8. The first-order chi connectivity index (χ1) is 14.3. The summed E-state index contributed by atoms with van der Waals surface area (Å²) in [5, 5.41) is 6.72. The SMILES string of the molecule is CC(C)c1noc(CCCC(=O)Nc2ccc(Cl)c(S(=O)(=O)N3CCOCC3)c2)n1. The van der Waals surface area contributed by atoms with Crippen LogP contribution in [0.1, 0.15) is 44.3 Å². The quantitative estimate of drug-likeness (QED) is 0.649. The van der Waals surface area contributed by atoms with Crippen LogP contribution in [0.25, 0.3) is 0 Å². The molecule has 1 aliphatic rings. The van der Waals surface area contributed by atoms with Gasteiger partial charge in [-0.2, -0.15) is 9.29 Å². The molecule has 2 aromatic rings. The molecule has 0 spiro atoms. The van der Waals surface area contributed by atoms with Gasteiger partial charge in [0.05, 0.1) is 18.2 Å². The number of morpholine rings is 1. The second-order valence-corrected chi connectivity index (χ2v) is 9.58. The summed E-state index contributed by atoms with van der Waals surface area (Å²) in [7, 11) is -3.77. The average molecular weight is 457 g/mol. The number of nitrogens with zero attached hydrogens (tertiary/aromatic N) is 3. The van der Waals surface area contributed by atoms with Gasteiger partial charge in [-0.3, -0.25) is 4.79 Å². The first kappa shape index (κ1) is 22.7. The van der Waals surface area contributed by atoms with Gasteiger partial charge in [0, 0.05) is 37.5 Å². The van der Waals surface area contributed by atoms with Crippen LogP contribution in [0, 0.1) is 0 Å². The van der Waals surface area contributed by atoms with E-state index in [-0.39, 0.29) is 41.3 Å². The van der Waals surface area contributed by atoms with Crippen molar-refractivity contribution in [2.45, 2.75) is 43.9 Å². The van der Waals surface area contributed by atoms with E-state index in [0.717, 1.165) is 0 Å². The molecule has 9 nitrogen and oxygen atoms in total. The molecule has 0 aliphatic carbocycles. The summed E-state index contributed by atoms with van der Waals surface area (Å²) in [4.78, 5) is 16.5. The summed E-state index contributed by atoms with van der Waals surface area (Å²) in [5.41, 5.74) is 0.371. The molecule has 1 fully saturated rings. The zero-order chi connectivity index (χ0) is 21.7. The molecular formula is C19H25ClN4O5S. The number of aryl methyl sites for hydroxylation is 1. The molecule has 3 rings (SSSR count). The standard InChI is InChI=1S/C19H25ClN4O5S/c1-13(2)19-22-18(29-23-19)5-3-4-17(25)21-14-6-7-15(20)16(12-14)30(26,27)24-8-10-28-11-9-24/h6-7,12-13H,3-5,8-11H2,1-2H3,(H,21,25). The fraction of sp³-hybridized carbons (Fsp3) is 0.526. The zero-order valence-corrected chi connectivity index (χ0v) is 18.5. The summed E-state index contributed by atoms with van der Waals surface area (Å²) in [6.45, 7) is 5.16. The molecule has 2 heterocycles. The Balaban J connectivity index is 1.59. The fourth-order valence-electron chi connectivity index (χ4n) is 2.93. The highest BCUT2D eigenvalue weighted by Crippen LogP contribution is 2.28. The molecule has 1 saturated heterocycles. The fourth-order valence-corrected chi connectivity index (χ4v) is 4.84. The minimum absolute atomic E-state index is 0.0315. The lowest BCUT2D eigenvalue weighted by atomic mass is 10.2. The van der Waals surface area contributed by atoms with Gasteiger partial charge in [0.1, 0.15) is 4.90 Å². The van der Waals surface area contributed by atoms with E-state index >= 15 is 0 Å². The number of ether oxygens (including phenoxy) is 1. The van der Waals surface area contributed by atoms with Gasteiger partial charge in [-0.05, 0) is 24.6 Å². The van der Waals surface area contributed by atoms with Gasteiger partial charge in [-0.15, -0.1) is 0 Å². The molecule has 0 bridgehead atoms. The van der Waals surface area contributed by atoms with E-state index < -0.39 is 10.0 Å². The highest BCUT2D eigenvalue weighted by atomic mass is 35.5. The van der Waals surface area contributed by atoms with E-state index in [2.05, 4.69) is 15.5 Å². The molecular weight excluding hydrogens is 432 g/mol. The molecule has 30 heavy (non-hydrogen) atoms. The highest BCUT2D eigenvalue weighted by Gasteiger charge is 2.28. The van der Waals surface area contributed by atoms with Crippen molar-refractivity contribution >= 4 is 33.2 Å². The molecule has 0 saturated carbocycles. The molecule has 1 N–H and O–H groups in total. The summed E-state index contributed by atoms with van der Waals surface area (Å²) < 4.78 is 37.5. The maximum atomic E-state index is 12.9. The van der Waals surface area contributed by atoms with Crippen molar-refractivity contribution in [2.24, 2.45) is 0 Å². The van der Waals surface area contributed by atoms with E-state index in [1.54, 1.807) is 6.07 Å². The Morgan fingerprint density at radius 2 is 2.03 bits per heavy atom. The normalized spacial score (nSPS) is 15.5. The lowest BCUT2D eigenvalue weighted by Crippen LogP contribution is -2.40. The van der Waals surface area contributed by atoms with Crippen LogP contribution in [0.15, 0.2) is 27.6 Å². The van der Waals surface area contributed by atoms with Crippen LogP contribution < -0.4 is 5.32 Å². The Morgan fingerprint density at radius 1 is 1.30 bits per heavy atom. The Labute approximate surface area is 180 Å². The van der Waals surface area contributed by atoms with E-state index in [1.807, 2.05) is 13.8 Å². The van der Waals surface area contributed by atoms with E-state index in [9.17, 15) is 13.2 Å². The number of amides is 1. The summed E-state index contributed by atoms with van der Waals surface area (Å²) in [6.07, 6.45) is 1.25. The van der Waals surface area contributed by atoms with E-state index in [0.29, 0.717) is 43.5 Å². The van der Waals surface area contributed by atoms with Gasteiger partial charge >= 0.3 is 0 Å². The number of anilines is 1. The van der Waals surface area contributed by atoms with Crippen molar-refractivity contribution < 1.29 is 22.5 Å². The third kappa shape index (κ3) is 5.57. The molecule has 0 atom stereocenters. The predicted octanol–water partition coefficient (Wildman–Crippen LogP) is 2.83. The number of hydrogen-bond donors (Lipinski definition) is 1. The topological polar surface area (TPSA) is 115 Å². The minimum atomic E-state index is -3.77. The van der Waals surface area contributed by atoms with Gasteiger partial charge in [0.15, 0.2) is 5.82 Å². The number of carbonyl (C=O) groups excluding carboxylic acids is 1. The van der Waals surface area contributed by atoms with Crippen LogP contribution >= 0.6 is 11.6 Å². The van der Waals surface area contributed by atoms with E-state index in [1.165, 1.54) is 16.4 Å². The van der Waals surface area contributed by atoms with E-state index in [4.69, 9.17) is 20.9 Å². The van der Waals surface area contributed by atoms with Crippen LogP contribution in [-0.4, -0.2) is 55.1 Å². The van der Waals surface area contributed by atoms with Gasteiger partial charge in [-0.25, -0.2) is 8.42 Å². The van der Waals surface area contributed by atoms with Gasteiger partial charge in [-0.1, -0.05) is 30.6 Å². The smallest absolute Gasteiger partial charge is 0.244 e. The second-order valence-electron chi connectivity index (χ2n) is 7.26. The van der Waals surface area contributed by atoms with Crippen molar-refractivity contribution in [3.8, 4) is 0 Å². The number of benzene rings is 1. The Bertz CT molecular complexity index is 987. The lowest BCUT2D eigenvalue weighted by Gasteiger charge is -2.26. The monoisotopic (exact) mass is 456 g/mol. The van der Waals surface area contributed by atoms with Crippen LogP contribution in [-0.2, 0) is 26.0 Å². The number of nitrogens with one attached hydrogen (secondary N) is 1. The number of carbonyl (C=O) groups is 1. The molecule has 164 valence electrons. The summed E-state index contributed by atoms with van der Waals surface area (Å²) in [5.74, 6) is 1.08. The molecule has 1 amide bonds. The van der Waals surface area contributed by atoms with Crippen LogP contribution in [0.4, 0.5) is 5.69 Å². The van der Waals surface area contributed by atoms with Crippen molar-refractivity contribution in [1.82, 2.24) is 14.4 Å². The van der Waals surface area contributed by atoms with Gasteiger partial charge < -0.3 is 14.6 Å². The van der Waals surface area contributed by atoms with Gasteiger partial charge in [0.2, 0.25) is 21.8 Å². The molecule has 1 aromatic heterocycles. The Hall–Kier alpha value is -2.01. The molecule has 1 aliphatic heterocycles.